The van der Waals surface area contributed by atoms with Gasteiger partial charge in [-0.05, 0) is 30.2 Å². The summed E-state index contributed by atoms with van der Waals surface area (Å²) in [4.78, 5) is 26.8. The van der Waals surface area contributed by atoms with Gasteiger partial charge in [0.15, 0.2) is 0 Å². The minimum atomic E-state index is -0.473. The Kier molecular flexibility index (Phi) is 7.66. The first-order valence-electron chi connectivity index (χ1n) is 9.56. The number of morpholine rings is 1. The summed E-state index contributed by atoms with van der Waals surface area (Å²) in [6.45, 7) is 2.80. The van der Waals surface area contributed by atoms with Gasteiger partial charge in [0.1, 0.15) is 6.61 Å². The molecule has 29 heavy (non-hydrogen) atoms. The molecule has 1 saturated heterocycles. The van der Waals surface area contributed by atoms with E-state index in [9.17, 15) is 9.59 Å². The lowest BCUT2D eigenvalue weighted by molar-refractivity contribution is -0.146. The van der Waals surface area contributed by atoms with E-state index in [1.54, 1.807) is 11.8 Å². The predicted octanol–water partition coefficient (Wildman–Crippen LogP) is 4.48. The Morgan fingerprint density at radius 2 is 1.79 bits per heavy atom. The summed E-state index contributed by atoms with van der Waals surface area (Å²) in [5.41, 5.74) is 1.81. The van der Waals surface area contributed by atoms with E-state index in [1.807, 2.05) is 54.6 Å². The van der Waals surface area contributed by atoms with E-state index < -0.39 is 12.1 Å². The molecule has 154 valence electrons. The molecule has 0 N–H and O–H groups in total. The zero-order valence-electron chi connectivity index (χ0n) is 16.3. The van der Waals surface area contributed by atoms with Crippen LogP contribution in [0.3, 0.4) is 0 Å². The molecule has 0 radical (unpaired) electrons. The number of carbonyl (C=O) groups is 2. The van der Waals surface area contributed by atoms with E-state index in [0.29, 0.717) is 13.2 Å². The summed E-state index contributed by atoms with van der Waals surface area (Å²) in [5.74, 6) is -0.363. The zero-order chi connectivity index (χ0) is 20.6. The van der Waals surface area contributed by atoms with E-state index in [0.717, 1.165) is 15.6 Å². The first-order valence-corrected chi connectivity index (χ1v) is 10.4. The molecule has 0 saturated carbocycles. The zero-order valence-corrected chi connectivity index (χ0v) is 17.8. The molecule has 1 fully saturated rings. The van der Waals surface area contributed by atoms with Crippen LogP contribution in [0.5, 0.6) is 0 Å². The minimum Gasteiger partial charge on any atom is -0.466 e. The van der Waals surface area contributed by atoms with Crippen molar-refractivity contribution in [3.8, 4) is 0 Å². The van der Waals surface area contributed by atoms with Gasteiger partial charge in [-0.2, -0.15) is 0 Å². The lowest BCUT2D eigenvalue weighted by atomic mass is 10.0. The van der Waals surface area contributed by atoms with E-state index >= 15 is 0 Å². The molecule has 1 aliphatic heterocycles. The Morgan fingerprint density at radius 1 is 1.07 bits per heavy atom. The van der Waals surface area contributed by atoms with E-state index in [4.69, 9.17) is 14.2 Å². The second kappa shape index (κ2) is 10.4. The molecule has 1 heterocycles. The van der Waals surface area contributed by atoms with Crippen molar-refractivity contribution < 1.29 is 23.8 Å². The van der Waals surface area contributed by atoms with Crippen molar-refractivity contribution in [1.29, 1.82) is 0 Å². The number of benzene rings is 2. The van der Waals surface area contributed by atoms with Crippen molar-refractivity contribution in [3.05, 3.63) is 70.2 Å². The fourth-order valence-electron chi connectivity index (χ4n) is 3.31. The van der Waals surface area contributed by atoms with Gasteiger partial charge in [-0.25, -0.2) is 4.79 Å². The van der Waals surface area contributed by atoms with E-state index in [-0.39, 0.29) is 31.6 Å². The first-order chi connectivity index (χ1) is 14.1. The van der Waals surface area contributed by atoms with Crippen LogP contribution in [0, 0.1) is 0 Å². The number of nitrogens with zero attached hydrogens (tertiary/aromatic N) is 1. The number of hydrogen-bond acceptors (Lipinski definition) is 5. The van der Waals surface area contributed by atoms with Gasteiger partial charge >= 0.3 is 12.1 Å². The minimum absolute atomic E-state index is 0.0569. The Labute approximate surface area is 178 Å². The molecule has 1 aliphatic rings. The molecule has 2 atom stereocenters. The summed E-state index contributed by atoms with van der Waals surface area (Å²) in [7, 11) is 0. The van der Waals surface area contributed by atoms with Gasteiger partial charge in [0.25, 0.3) is 0 Å². The highest BCUT2D eigenvalue weighted by Crippen LogP contribution is 2.30. The molecule has 2 aromatic rings. The normalized spacial score (nSPS) is 18.9. The number of carbonyl (C=O) groups excluding carboxylic acids is 2. The maximum absolute atomic E-state index is 13.1. The standard InChI is InChI=1S/C22H24BrNO5/c1-2-28-21(25)12-19-14-27-15-20(17-8-10-18(23)11-9-17)24(19)22(26)29-13-16-6-4-3-5-7-16/h3-11,19-20H,2,12-15H2,1H3/t19-,20-/m0/s1. The van der Waals surface area contributed by atoms with E-state index in [2.05, 4.69) is 15.9 Å². The molecule has 0 bridgehead atoms. The summed E-state index contributed by atoms with van der Waals surface area (Å²) < 4.78 is 17.3. The third-order valence-electron chi connectivity index (χ3n) is 4.69. The van der Waals surface area contributed by atoms with Crippen molar-refractivity contribution >= 4 is 28.0 Å². The third kappa shape index (κ3) is 5.81. The van der Waals surface area contributed by atoms with Crippen LogP contribution in [0.25, 0.3) is 0 Å². The van der Waals surface area contributed by atoms with E-state index in [1.165, 1.54) is 0 Å². The molecule has 0 unspecified atom stereocenters. The highest BCUT2D eigenvalue weighted by molar-refractivity contribution is 9.10. The molecular formula is C22H24BrNO5. The number of ether oxygens (including phenoxy) is 3. The summed E-state index contributed by atoms with van der Waals surface area (Å²) in [5, 5.41) is 0. The van der Waals surface area contributed by atoms with Gasteiger partial charge in [-0.15, -0.1) is 0 Å². The molecule has 6 nitrogen and oxygen atoms in total. The Bertz CT molecular complexity index is 812. The van der Waals surface area contributed by atoms with Gasteiger partial charge in [-0.3, -0.25) is 9.69 Å². The maximum Gasteiger partial charge on any atom is 0.411 e. The van der Waals surface area contributed by atoms with Gasteiger partial charge in [0, 0.05) is 4.47 Å². The third-order valence-corrected chi connectivity index (χ3v) is 5.22. The Morgan fingerprint density at radius 3 is 2.48 bits per heavy atom. The summed E-state index contributed by atoms with van der Waals surface area (Å²) >= 11 is 3.43. The smallest absolute Gasteiger partial charge is 0.411 e. The van der Waals surface area contributed by atoms with Crippen LogP contribution < -0.4 is 0 Å². The first kappa shape index (κ1) is 21.3. The van der Waals surface area contributed by atoms with Crippen LogP contribution >= 0.6 is 15.9 Å². The fraction of sp³-hybridized carbons (Fsp3) is 0.364. The number of rotatable bonds is 6. The average molecular weight is 462 g/mol. The van der Waals surface area contributed by atoms with Gasteiger partial charge in [0.05, 0.1) is 38.3 Å². The fourth-order valence-corrected chi connectivity index (χ4v) is 3.58. The lowest BCUT2D eigenvalue weighted by Crippen LogP contribution is -2.51. The average Bonchev–Trinajstić information content (AvgIpc) is 2.73. The summed E-state index contributed by atoms with van der Waals surface area (Å²) in [6.07, 6.45) is -0.416. The largest absolute Gasteiger partial charge is 0.466 e. The molecule has 1 amide bonds. The van der Waals surface area contributed by atoms with Crippen LogP contribution in [-0.2, 0) is 25.6 Å². The van der Waals surface area contributed by atoms with Crippen LogP contribution in [-0.4, -0.2) is 42.8 Å². The van der Waals surface area contributed by atoms with Crippen LogP contribution in [0.15, 0.2) is 59.1 Å². The highest BCUT2D eigenvalue weighted by Gasteiger charge is 2.38. The van der Waals surface area contributed by atoms with Crippen LogP contribution in [0.2, 0.25) is 0 Å². The molecule has 7 heteroatoms. The van der Waals surface area contributed by atoms with Crippen LogP contribution in [0.1, 0.15) is 30.5 Å². The number of hydrogen-bond donors (Lipinski definition) is 0. The lowest BCUT2D eigenvalue weighted by Gasteiger charge is -2.41. The SMILES string of the molecule is CCOC(=O)C[C@H]1COC[C@@H](c2ccc(Br)cc2)N1C(=O)OCc1ccccc1. The van der Waals surface area contributed by atoms with Crippen molar-refractivity contribution in [2.45, 2.75) is 32.0 Å². The van der Waals surface area contributed by atoms with Crippen molar-refractivity contribution in [2.24, 2.45) is 0 Å². The Hall–Kier alpha value is -2.38. The number of esters is 1. The quantitative estimate of drug-likeness (QED) is 0.593. The molecule has 3 rings (SSSR count). The van der Waals surface area contributed by atoms with Crippen molar-refractivity contribution in [1.82, 2.24) is 4.90 Å². The second-order valence-electron chi connectivity index (χ2n) is 6.72. The highest BCUT2D eigenvalue weighted by atomic mass is 79.9. The van der Waals surface area contributed by atoms with Gasteiger partial charge in [-0.1, -0.05) is 58.4 Å². The van der Waals surface area contributed by atoms with Crippen molar-refractivity contribution in [3.63, 3.8) is 0 Å². The molecule has 0 aliphatic carbocycles. The van der Waals surface area contributed by atoms with Gasteiger partial charge in [0.2, 0.25) is 0 Å². The number of halogens is 1. The Balaban J connectivity index is 1.80. The predicted molar refractivity (Wildman–Crippen MR) is 111 cm³/mol. The van der Waals surface area contributed by atoms with Crippen LogP contribution in [0.4, 0.5) is 4.79 Å². The topological polar surface area (TPSA) is 65.1 Å². The monoisotopic (exact) mass is 461 g/mol. The number of amides is 1. The van der Waals surface area contributed by atoms with Gasteiger partial charge < -0.3 is 14.2 Å². The molecule has 2 aromatic carbocycles. The molecule has 0 spiro atoms. The molecule has 0 aromatic heterocycles. The molecular weight excluding hydrogens is 438 g/mol. The second-order valence-corrected chi connectivity index (χ2v) is 7.63. The van der Waals surface area contributed by atoms with Crippen molar-refractivity contribution in [2.75, 3.05) is 19.8 Å². The summed E-state index contributed by atoms with van der Waals surface area (Å²) in [6, 6.07) is 16.4. The maximum atomic E-state index is 13.1.